The van der Waals surface area contributed by atoms with Crippen molar-refractivity contribution in [3.63, 3.8) is 0 Å². The van der Waals surface area contributed by atoms with Gasteiger partial charge in [-0.15, -0.1) is 0 Å². The zero-order valence-corrected chi connectivity index (χ0v) is 17.8. The quantitative estimate of drug-likeness (QED) is 0.657. The average Bonchev–Trinajstić information content (AvgIpc) is 3.39. The van der Waals surface area contributed by atoms with Crippen LogP contribution in [0.4, 0.5) is 15.9 Å². The van der Waals surface area contributed by atoms with Gasteiger partial charge in [-0.25, -0.2) is 19.3 Å². The largest absolute Gasteiger partial charge is 0.355 e. The minimum atomic E-state index is -0.497. The second-order valence-corrected chi connectivity index (χ2v) is 8.68. The highest BCUT2D eigenvalue weighted by Gasteiger charge is 2.30. The number of pyridine rings is 1. The molecule has 1 amide bonds. The second kappa shape index (κ2) is 7.88. The lowest BCUT2D eigenvalue weighted by atomic mass is 10.1. The van der Waals surface area contributed by atoms with E-state index in [-0.39, 0.29) is 11.3 Å². The molecule has 3 aromatic rings. The third-order valence-corrected chi connectivity index (χ3v) is 6.08. The van der Waals surface area contributed by atoms with Gasteiger partial charge in [0, 0.05) is 44.1 Å². The van der Waals surface area contributed by atoms with Crippen LogP contribution in [0.2, 0.25) is 0 Å². The summed E-state index contributed by atoms with van der Waals surface area (Å²) in [4.78, 5) is 30.1. The van der Waals surface area contributed by atoms with Gasteiger partial charge in [0.15, 0.2) is 11.5 Å². The Morgan fingerprint density at radius 3 is 2.84 bits per heavy atom. The minimum absolute atomic E-state index is 0.190. The summed E-state index contributed by atoms with van der Waals surface area (Å²) >= 11 is 0. The predicted molar refractivity (Wildman–Crippen MR) is 116 cm³/mol. The maximum atomic E-state index is 14.2. The van der Waals surface area contributed by atoms with Gasteiger partial charge in [0.25, 0.3) is 5.91 Å². The summed E-state index contributed by atoms with van der Waals surface area (Å²) in [7, 11) is 2.21. The number of fused-ring (bicyclic) bond motifs is 1. The van der Waals surface area contributed by atoms with Gasteiger partial charge < -0.3 is 19.5 Å². The maximum Gasteiger partial charge on any atom is 0.275 e. The number of aromatic nitrogens is 4. The van der Waals surface area contributed by atoms with Gasteiger partial charge in [0.1, 0.15) is 11.5 Å². The van der Waals surface area contributed by atoms with Crippen LogP contribution in [-0.2, 0) is 0 Å². The van der Waals surface area contributed by atoms with E-state index in [9.17, 15) is 9.18 Å². The molecule has 2 aliphatic rings. The average molecular weight is 423 g/mol. The van der Waals surface area contributed by atoms with Crippen LogP contribution in [-0.4, -0.2) is 62.9 Å². The van der Waals surface area contributed by atoms with E-state index in [0.717, 1.165) is 37.9 Å². The number of rotatable bonds is 6. The Labute approximate surface area is 180 Å². The first-order valence-corrected chi connectivity index (χ1v) is 10.7. The summed E-state index contributed by atoms with van der Waals surface area (Å²) in [6, 6.07) is 2.03. The molecule has 1 N–H and O–H groups in total. The molecule has 3 aromatic heterocycles. The minimum Gasteiger partial charge on any atom is -0.355 e. The normalized spacial score (nSPS) is 18.8. The Morgan fingerprint density at radius 1 is 1.26 bits per heavy atom. The molecule has 8 nitrogen and oxygen atoms in total. The lowest BCUT2D eigenvalue weighted by Gasteiger charge is -2.21. The number of hydrogen-bond acceptors (Lipinski definition) is 6. The number of imidazole rings is 1. The molecule has 1 saturated carbocycles. The van der Waals surface area contributed by atoms with Crippen LogP contribution < -0.4 is 10.2 Å². The van der Waals surface area contributed by atoms with Crippen molar-refractivity contribution in [1.82, 2.24) is 24.3 Å². The number of hydrogen-bond donors (Lipinski definition) is 1. The third-order valence-electron chi connectivity index (χ3n) is 6.08. The monoisotopic (exact) mass is 423 g/mol. The molecule has 0 radical (unpaired) electrons. The van der Waals surface area contributed by atoms with Gasteiger partial charge in [0.2, 0.25) is 0 Å². The summed E-state index contributed by atoms with van der Waals surface area (Å²) in [5.41, 5.74) is 1.45. The molecule has 0 bridgehead atoms. The van der Waals surface area contributed by atoms with Crippen LogP contribution in [0.3, 0.4) is 0 Å². The van der Waals surface area contributed by atoms with E-state index < -0.39 is 11.7 Å². The number of carbonyl (C=O) groups excluding carboxylic acids is 1. The van der Waals surface area contributed by atoms with Crippen LogP contribution in [0.15, 0.2) is 30.9 Å². The molecule has 1 atom stereocenters. The van der Waals surface area contributed by atoms with E-state index in [4.69, 9.17) is 0 Å². The molecule has 0 unspecified atom stereocenters. The van der Waals surface area contributed by atoms with Crippen molar-refractivity contribution < 1.29 is 9.18 Å². The van der Waals surface area contributed by atoms with Crippen LogP contribution in [0.25, 0.3) is 5.65 Å². The lowest BCUT2D eigenvalue weighted by Crippen LogP contribution is -2.30. The predicted octanol–water partition coefficient (Wildman–Crippen LogP) is 2.74. The molecule has 1 saturated heterocycles. The van der Waals surface area contributed by atoms with Gasteiger partial charge in [-0.05, 0) is 39.2 Å². The van der Waals surface area contributed by atoms with Gasteiger partial charge in [-0.3, -0.25) is 4.79 Å². The molecule has 1 aliphatic carbocycles. The van der Waals surface area contributed by atoms with E-state index >= 15 is 0 Å². The van der Waals surface area contributed by atoms with Crippen molar-refractivity contribution >= 4 is 23.1 Å². The summed E-state index contributed by atoms with van der Waals surface area (Å²) < 4.78 is 15.8. The molecule has 4 heterocycles. The van der Waals surface area contributed by atoms with Crippen LogP contribution >= 0.6 is 0 Å². The standard InChI is InChI=1S/C22H26FN7O/c1-14-10-30-13-16(7-18(23)21(30)26-14)27-22(31)19-8-25-20(9-24-19)29-6-5-15(12-29)11-28(2)17-3-4-17/h7-10,13,15,17H,3-6,11-12H2,1-2H3,(H,27,31)/t15-/m0/s1. The first kappa shape index (κ1) is 19.9. The topological polar surface area (TPSA) is 78.7 Å². The van der Waals surface area contributed by atoms with Crippen LogP contribution in [0.5, 0.6) is 0 Å². The van der Waals surface area contributed by atoms with E-state index in [0.29, 0.717) is 17.3 Å². The van der Waals surface area contributed by atoms with Gasteiger partial charge in [-0.2, -0.15) is 0 Å². The van der Waals surface area contributed by atoms with Crippen LogP contribution in [0.1, 0.15) is 35.4 Å². The summed E-state index contributed by atoms with van der Waals surface area (Å²) in [6.07, 6.45) is 10.2. The molecule has 0 aromatic carbocycles. The van der Waals surface area contributed by atoms with Crippen molar-refractivity contribution in [2.45, 2.75) is 32.2 Å². The Hall–Kier alpha value is -3.07. The number of nitrogens with zero attached hydrogens (tertiary/aromatic N) is 6. The molecule has 5 rings (SSSR count). The molecule has 1 aliphatic heterocycles. The van der Waals surface area contributed by atoms with Crippen molar-refractivity contribution in [3.05, 3.63) is 48.1 Å². The summed E-state index contributed by atoms with van der Waals surface area (Å²) in [6.45, 7) is 4.82. The number of anilines is 2. The van der Waals surface area contributed by atoms with Crippen molar-refractivity contribution in [2.24, 2.45) is 5.92 Å². The van der Waals surface area contributed by atoms with E-state index in [2.05, 4.69) is 37.1 Å². The molecule has 9 heteroatoms. The zero-order valence-electron chi connectivity index (χ0n) is 17.8. The second-order valence-electron chi connectivity index (χ2n) is 8.68. The highest BCUT2D eigenvalue weighted by molar-refractivity contribution is 6.02. The highest BCUT2D eigenvalue weighted by atomic mass is 19.1. The SMILES string of the molecule is Cc1cn2cc(NC(=O)c3cnc(N4CC[C@@H](CN(C)C5CC5)C4)cn3)cc(F)c2n1. The number of nitrogens with one attached hydrogen (secondary N) is 1. The van der Waals surface area contributed by atoms with E-state index in [1.54, 1.807) is 29.9 Å². The van der Waals surface area contributed by atoms with Gasteiger partial charge in [0.05, 0.1) is 23.8 Å². The Kier molecular flexibility index (Phi) is 5.05. The molecular formula is C22H26FN7O. The first-order chi connectivity index (χ1) is 15.0. The molecular weight excluding hydrogens is 397 g/mol. The van der Waals surface area contributed by atoms with Crippen molar-refractivity contribution in [1.29, 1.82) is 0 Å². The maximum absolute atomic E-state index is 14.2. The Morgan fingerprint density at radius 2 is 2.10 bits per heavy atom. The fourth-order valence-electron chi connectivity index (χ4n) is 4.31. The first-order valence-electron chi connectivity index (χ1n) is 10.7. The zero-order chi connectivity index (χ0) is 21.5. The van der Waals surface area contributed by atoms with Crippen molar-refractivity contribution in [3.8, 4) is 0 Å². The number of aryl methyl sites for hydroxylation is 1. The van der Waals surface area contributed by atoms with E-state index in [1.165, 1.54) is 25.1 Å². The van der Waals surface area contributed by atoms with Crippen LogP contribution in [0, 0.1) is 18.7 Å². The number of halogens is 1. The summed E-state index contributed by atoms with van der Waals surface area (Å²) in [5, 5.41) is 2.69. The molecule has 162 valence electrons. The van der Waals surface area contributed by atoms with Crippen molar-refractivity contribution in [2.75, 3.05) is 36.9 Å². The van der Waals surface area contributed by atoms with Gasteiger partial charge in [-0.1, -0.05) is 0 Å². The highest BCUT2D eigenvalue weighted by Crippen LogP contribution is 2.28. The fourth-order valence-corrected chi connectivity index (χ4v) is 4.31. The third kappa shape index (κ3) is 4.23. The lowest BCUT2D eigenvalue weighted by molar-refractivity contribution is 0.102. The van der Waals surface area contributed by atoms with Gasteiger partial charge >= 0.3 is 0 Å². The molecule has 2 fully saturated rings. The number of amides is 1. The summed E-state index contributed by atoms with van der Waals surface area (Å²) in [5.74, 6) is 0.490. The fraction of sp³-hybridized carbons (Fsp3) is 0.455. The Balaban J connectivity index is 1.22. The molecule has 31 heavy (non-hydrogen) atoms. The number of carbonyl (C=O) groups is 1. The molecule has 0 spiro atoms. The smallest absolute Gasteiger partial charge is 0.275 e. The Bertz CT molecular complexity index is 1110. The van der Waals surface area contributed by atoms with E-state index in [1.807, 2.05) is 0 Å².